The van der Waals surface area contributed by atoms with E-state index in [4.69, 9.17) is 5.11 Å². The van der Waals surface area contributed by atoms with Crippen LogP contribution in [0.25, 0.3) is 0 Å². The smallest absolute Gasteiger partial charge is 0.191 e. The molecule has 0 heterocycles. The van der Waals surface area contributed by atoms with Gasteiger partial charge in [0.1, 0.15) is 6.10 Å². The van der Waals surface area contributed by atoms with Gasteiger partial charge in [-0.25, -0.2) is 0 Å². The molecule has 0 bridgehead atoms. The third kappa shape index (κ3) is 1.02. The van der Waals surface area contributed by atoms with Crippen molar-refractivity contribution in [1.82, 2.24) is 0 Å². The fourth-order valence-corrected chi connectivity index (χ4v) is 0.864. The first-order valence-electron chi connectivity index (χ1n) is 3.21. The summed E-state index contributed by atoms with van der Waals surface area (Å²) in [7, 11) is 0. The Morgan fingerprint density at radius 2 is 2.10 bits per heavy atom. The second kappa shape index (κ2) is 2.39. The molecule has 10 heavy (non-hydrogen) atoms. The molecule has 0 spiro atoms. The highest BCUT2D eigenvalue weighted by Gasteiger charge is 2.18. The van der Waals surface area contributed by atoms with Gasteiger partial charge in [0, 0.05) is 0 Å². The van der Waals surface area contributed by atoms with Crippen LogP contribution in [0.2, 0.25) is 0 Å². The molecule has 0 radical (unpaired) electrons. The van der Waals surface area contributed by atoms with E-state index in [1.807, 2.05) is 6.92 Å². The topological polar surface area (TPSA) is 37.3 Å². The summed E-state index contributed by atoms with van der Waals surface area (Å²) in [5, 5.41) is 9.00. The van der Waals surface area contributed by atoms with Crippen LogP contribution in [0.3, 0.4) is 0 Å². The van der Waals surface area contributed by atoms with E-state index in [2.05, 4.69) is 0 Å². The molecule has 0 aromatic rings. The normalized spacial score (nSPS) is 25.9. The highest BCUT2D eigenvalue weighted by molar-refractivity contribution is 6.01. The van der Waals surface area contributed by atoms with Crippen molar-refractivity contribution in [1.29, 1.82) is 0 Å². The first-order chi connectivity index (χ1) is 4.63. The van der Waals surface area contributed by atoms with Crippen molar-refractivity contribution in [3.05, 3.63) is 23.3 Å². The van der Waals surface area contributed by atoms with Crippen LogP contribution in [-0.4, -0.2) is 17.0 Å². The maximum atomic E-state index is 11.0. The van der Waals surface area contributed by atoms with Crippen molar-refractivity contribution < 1.29 is 9.90 Å². The lowest BCUT2D eigenvalue weighted by Crippen LogP contribution is -2.21. The lowest BCUT2D eigenvalue weighted by Gasteiger charge is -2.11. The van der Waals surface area contributed by atoms with Gasteiger partial charge in [0.25, 0.3) is 0 Å². The van der Waals surface area contributed by atoms with Gasteiger partial charge in [-0.2, -0.15) is 0 Å². The van der Waals surface area contributed by atoms with Gasteiger partial charge >= 0.3 is 0 Å². The molecule has 1 N–H and O–H groups in total. The maximum Gasteiger partial charge on any atom is 0.191 e. The van der Waals surface area contributed by atoms with Crippen molar-refractivity contribution in [3.8, 4) is 0 Å². The second-order valence-corrected chi connectivity index (χ2v) is 2.48. The summed E-state index contributed by atoms with van der Waals surface area (Å²) in [5.74, 6) is -0.181. The Labute approximate surface area is 59.9 Å². The Kier molecular flexibility index (Phi) is 1.72. The highest BCUT2D eigenvalue weighted by Crippen LogP contribution is 2.14. The zero-order valence-electron chi connectivity index (χ0n) is 6.09. The van der Waals surface area contributed by atoms with Crippen molar-refractivity contribution in [2.75, 3.05) is 0 Å². The fourth-order valence-electron chi connectivity index (χ4n) is 0.864. The van der Waals surface area contributed by atoms with Crippen LogP contribution in [0.1, 0.15) is 13.8 Å². The molecule has 1 aliphatic rings. The molecule has 0 amide bonds. The number of aliphatic hydroxyl groups is 1. The SMILES string of the molecule is CC1=C(C)C(=O)C(O)C=C1. The molecular weight excluding hydrogens is 128 g/mol. The molecule has 0 saturated carbocycles. The van der Waals surface area contributed by atoms with Gasteiger partial charge < -0.3 is 5.11 Å². The third-order valence-corrected chi connectivity index (χ3v) is 1.76. The van der Waals surface area contributed by atoms with Crippen molar-refractivity contribution in [2.45, 2.75) is 20.0 Å². The van der Waals surface area contributed by atoms with Gasteiger partial charge in [-0.15, -0.1) is 0 Å². The van der Waals surface area contributed by atoms with Crippen molar-refractivity contribution >= 4 is 5.78 Å². The summed E-state index contributed by atoms with van der Waals surface area (Å²) in [6.45, 7) is 3.58. The monoisotopic (exact) mass is 138 g/mol. The molecule has 2 nitrogen and oxygen atoms in total. The molecule has 1 rings (SSSR count). The van der Waals surface area contributed by atoms with Gasteiger partial charge in [-0.3, -0.25) is 4.79 Å². The van der Waals surface area contributed by atoms with Gasteiger partial charge in [-0.05, 0) is 31.1 Å². The lowest BCUT2D eigenvalue weighted by molar-refractivity contribution is -0.121. The fraction of sp³-hybridized carbons (Fsp3) is 0.375. The second-order valence-electron chi connectivity index (χ2n) is 2.48. The zero-order chi connectivity index (χ0) is 7.72. The molecule has 0 aromatic heterocycles. The first kappa shape index (κ1) is 7.22. The van der Waals surface area contributed by atoms with Crippen LogP contribution in [0.15, 0.2) is 23.3 Å². The van der Waals surface area contributed by atoms with E-state index in [-0.39, 0.29) is 5.78 Å². The molecule has 1 atom stereocenters. The van der Waals surface area contributed by atoms with Crippen molar-refractivity contribution in [2.24, 2.45) is 0 Å². The Morgan fingerprint density at radius 1 is 1.50 bits per heavy atom. The third-order valence-electron chi connectivity index (χ3n) is 1.76. The van der Waals surface area contributed by atoms with E-state index in [1.165, 1.54) is 6.08 Å². The standard InChI is InChI=1S/C8H10O2/c1-5-3-4-7(9)8(10)6(5)2/h3-4,7,9H,1-2H3. The average Bonchev–Trinajstić information content (AvgIpc) is 1.93. The molecule has 0 aliphatic heterocycles. The Bertz CT molecular complexity index is 223. The summed E-state index contributed by atoms with van der Waals surface area (Å²) in [4.78, 5) is 11.0. The number of ketones is 1. The molecule has 54 valence electrons. The Hall–Kier alpha value is -0.890. The molecular formula is C8H10O2. The van der Waals surface area contributed by atoms with E-state index < -0.39 is 6.10 Å². The predicted molar refractivity (Wildman–Crippen MR) is 38.5 cm³/mol. The zero-order valence-corrected chi connectivity index (χ0v) is 6.09. The molecule has 1 unspecified atom stereocenters. The van der Waals surface area contributed by atoms with E-state index in [0.717, 1.165) is 5.57 Å². The highest BCUT2D eigenvalue weighted by atomic mass is 16.3. The number of hydrogen-bond donors (Lipinski definition) is 1. The van der Waals surface area contributed by atoms with E-state index >= 15 is 0 Å². The van der Waals surface area contributed by atoms with Gasteiger partial charge in [0.15, 0.2) is 5.78 Å². The minimum absolute atomic E-state index is 0.181. The molecule has 0 saturated heterocycles. The summed E-state index contributed by atoms with van der Waals surface area (Å²) in [6.07, 6.45) is 2.36. The summed E-state index contributed by atoms with van der Waals surface area (Å²) in [5.41, 5.74) is 1.60. The van der Waals surface area contributed by atoms with Gasteiger partial charge in [0.2, 0.25) is 0 Å². The Morgan fingerprint density at radius 3 is 2.60 bits per heavy atom. The first-order valence-corrected chi connectivity index (χ1v) is 3.21. The average molecular weight is 138 g/mol. The number of carbonyl (C=O) groups excluding carboxylic acids is 1. The number of aliphatic hydroxyl groups excluding tert-OH is 1. The van der Waals surface area contributed by atoms with Crippen LogP contribution in [-0.2, 0) is 4.79 Å². The van der Waals surface area contributed by atoms with E-state index in [1.54, 1.807) is 13.0 Å². The predicted octanol–water partition coefficient (Wildman–Crippen LogP) is 0.823. The summed E-state index contributed by atoms with van der Waals surface area (Å²) < 4.78 is 0. The number of Topliss-reactive ketones (excluding diaryl/α,β-unsaturated/α-hetero) is 1. The molecule has 1 aliphatic carbocycles. The molecule has 0 fully saturated rings. The van der Waals surface area contributed by atoms with Gasteiger partial charge in [-0.1, -0.05) is 6.08 Å². The van der Waals surface area contributed by atoms with Crippen molar-refractivity contribution in [3.63, 3.8) is 0 Å². The largest absolute Gasteiger partial charge is 0.381 e. The summed E-state index contributed by atoms with van der Waals surface area (Å²) in [6, 6.07) is 0. The van der Waals surface area contributed by atoms with Crippen LogP contribution < -0.4 is 0 Å². The van der Waals surface area contributed by atoms with Crippen LogP contribution in [0, 0.1) is 0 Å². The van der Waals surface area contributed by atoms with Crippen LogP contribution in [0.5, 0.6) is 0 Å². The molecule has 2 heteroatoms. The van der Waals surface area contributed by atoms with Crippen LogP contribution in [0.4, 0.5) is 0 Å². The minimum Gasteiger partial charge on any atom is -0.381 e. The molecule has 0 aromatic carbocycles. The van der Waals surface area contributed by atoms with E-state index in [9.17, 15) is 4.79 Å². The van der Waals surface area contributed by atoms with Gasteiger partial charge in [0.05, 0.1) is 0 Å². The quantitative estimate of drug-likeness (QED) is 0.538. The summed E-state index contributed by atoms with van der Waals surface area (Å²) >= 11 is 0. The Balaban J connectivity index is 3.00. The number of carbonyl (C=O) groups is 1. The minimum atomic E-state index is -0.913. The maximum absolute atomic E-state index is 11.0. The van der Waals surface area contributed by atoms with Crippen LogP contribution >= 0.6 is 0 Å². The lowest BCUT2D eigenvalue weighted by atomic mass is 9.97. The number of allylic oxidation sites excluding steroid dienone is 2. The number of hydrogen-bond acceptors (Lipinski definition) is 2. The number of rotatable bonds is 0. The van der Waals surface area contributed by atoms with E-state index in [0.29, 0.717) is 5.57 Å².